The number of nitrogens with two attached hydrogens (primary N) is 1. The number of rotatable bonds is 5. The Morgan fingerprint density at radius 1 is 1.39 bits per heavy atom. The number of amides is 1. The summed E-state index contributed by atoms with van der Waals surface area (Å²) in [6, 6.07) is 5.89. The minimum Gasteiger partial charge on any atom is -0.478 e. The summed E-state index contributed by atoms with van der Waals surface area (Å²) in [6.07, 6.45) is 0. The first-order chi connectivity index (χ1) is 8.41. The molecule has 1 aromatic rings. The molecule has 0 saturated heterocycles. The second kappa shape index (κ2) is 6.16. The summed E-state index contributed by atoms with van der Waals surface area (Å²) < 4.78 is 0. The molecule has 0 bridgehead atoms. The van der Waals surface area contributed by atoms with Crippen molar-refractivity contribution in [1.82, 2.24) is 5.32 Å². The normalized spacial score (nSPS) is 12.2. The van der Waals surface area contributed by atoms with Gasteiger partial charge in [-0.1, -0.05) is 26.0 Å². The average Bonchev–Trinajstić information content (AvgIpc) is 2.35. The van der Waals surface area contributed by atoms with Crippen LogP contribution in [0.25, 0.3) is 0 Å². The number of carboxylic acid groups (broad SMARTS) is 1. The van der Waals surface area contributed by atoms with Crippen molar-refractivity contribution in [2.24, 2.45) is 11.7 Å². The number of aromatic carboxylic acids is 1. The highest BCUT2D eigenvalue weighted by atomic mass is 16.4. The van der Waals surface area contributed by atoms with Crippen LogP contribution in [0.5, 0.6) is 0 Å². The van der Waals surface area contributed by atoms with Crippen LogP contribution in [0.15, 0.2) is 24.3 Å². The molecule has 0 spiro atoms. The lowest BCUT2D eigenvalue weighted by Crippen LogP contribution is -2.43. The lowest BCUT2D eigenvalue weighted by atomic mass is 10.0. The van der Waals surface area contributed by atoms with Crippen molar-refractivity contribution in [3.05, 3.63) is 35.4 Å². The van der Waals surface area contributed by atoms with E-state index >= 15 is 0 Å². The summed E-state index contributed by atoms with van der Waals surface area (Å²) in [5.41, 5.74) is 6.64. The molecule has 0 radical (unpaired) electrons. The van der Waals surface area contributed by atoms with E-state index in [1.54, 1.807) is 12.1 Å². The fourth-order valence-corrected chi connectivity index (χ4v) is 1.42. The summed E-state index contributed by atoms with van der Waals surface area (Å²) >= 11 is 0. The molecule has 1 aromatic carbocycles. The van der Waals surface area contributed by atoms with Crippen molar-refractivity contribution in [1.29, 1.82) is 0 Å². The Bertz CT molecular complexity index is 444. The van der Waals surface area contributed by atoms with Crippen LogP contribution in [0.4, 0.5) is 0 Å². The van der Waals surface area contributed by atoms with Gasteiger partial charge in [-0.15, -0.1) is 0 Å². The summed E-state index contributed by atoms with van der Waals surface area (Å²) in [5, 5.41) is 11.5. The van der Waals surface area contributed by atoms with Crippen molar-refractivity contribution in [2.45, 2.75) is 26.4 Å². The third kappa shape index (κ3) is 3.85. The second-order valence-corrected chi connectivity index (χ2v) is 4.49. The predicted molar refractivity (Wildman–Crippen MR) is 68.1 cm³/mol. The highest BCUT2D eigenvalue weighted by Gasteiger charge is 2.16. The Kier molecular flexibility index (Phi) is 4.85. The first kappa shape index (κ1) is 14.2. The van der Waals surface area contributed by atoms with Gasteiger partial charge in [0.1, 0.15) is 0 Å². The summed E-state index contributed by atoms with van der Waals surface area (Å²) in [7, 11) is 0. The maximum Gasteiger partial charge on any atom is 0.335 e. The van der Waals surface area contributed by atoms with Crippen LogP contribution in [-0.2, 0) is 11.3 Å². The van der Waals surface area contributed by atoms with Gasteiger partial charge in [-0.3, -0.25) is 4.79 Å². The van der Waals surface area contributed by atoms with Crippen molar-refractivity contribution in [3.8, 4) is 0 Å². The van der Waals surface area contributed by atoms with Gasteiger partial charge >= 0.3 is 5.97 Å². The molecule has 5 heteroatoms. The minimum absolute atomic E-state index is 0.0651. The topological polar surface area (TPSA) is 92.4 Å². The first-order valence-corrected chi connectivity index (χ1v) is 5.77. The molecule has 0 aliphatic rings. The molecule has 0 unspecified atom stereocenters. The quantitative estimate of drug-likeness (QED) is 0.726. The van der Waals surface area contributed by atoms with E-state index in [0.717, 1.165) is 5.56 Å². The molecular weight excluding hydrogens is 232 g/mol. The zero-order valence-electron chi connectivity index (χ0n) is 10.5. The van der Waals surface area contributed by atoms with Gasteiger partial charge < -0.3 is 16.2 Å². The Labute approximate surface area is 106 Å². The molecule has 1 atom stereocenters. The molecule has 0 aliphatic carbocycles. The molecule has 0 aliphatic heterocycles. The number of hydrogen-bond donors (Lipinski definition) is 3. The predicted octanol–water partition coefficient (Wildman–Crippen LogP) is 0.984. The van der Waals surface area contributed by atoms with E-state index in [2.05, 4.69) is 5.32 Å². The van der Waals surface area contributed by atoms with E-state index in [-0.39, 0.29) is 23.9 Å². The van der Waals surface area contributed by atoms with E-state index < -0.39 is 12.0 Å². The number of carbonyl (C=O) groups excluding carboxylic acids is 1. The summed E-state index contributed by atoms with van der Waals surface area (Å²) in [4.78, 5) is 22.4. The van der Waals surface area contributed by atoms with Gasteiger partial charge in [0.05, 0.1) is 11.6 Å². The maximum absolute atomic E-state index is 11.6. The summed E-state index contributed by atoms with van der Waals surface area (Å²) in [6.45, 7) is 4.02. The van der Waals surface area contributed by atoms with Crippen LogP contribution >= 0.6 is 0 Å². The van der Waals surface area contributed by atoms with Crippen molar-refractivity contribution in [2.75, 3.05) is 0 Å². The molecule has 4 N–H and O–H groups in total. The van der Waals surface area contributed by atoms with E-state index in [0.29, 0.717) is 0 Å². The minimum atomic E-state index is -0.984. The average molecular weight is 250 g/mol. The third-order valence-corrected chi connectivity index (χ3v) is 2.66. The van der Waals surface area contributed by atoms with Gasteiger partial charge in [0, 0.05) is 6.54 Å². The Morgan fingerprint density at radius 3 is 2.61 bits per heavy atom. The fourth-order valence-electron chi connectivity index (χ4n) is 1.42. The van der Waals surface area contributed by atoms with Gasteiger partial charge in [-0.05, 0) is 23.6 Å². The lowest BCUT2D eigenvalue weighted by Gasteiger charge is -2.15. The Hall–Kier alpha value is -1.88. The first-order valence-electron chi connectivity index (χ1n) is 5.77. The number of nitrogens with one attached hydrogen (secondary N) is 1. The third-order valence-electron chi connectivity index (χ3n) is 2.66. The van der Waals surface area contributed by atoms with E-state index in [4.69, 9.17) is 10.8 Å². The molecule has 0 saturated carbocycles. The van der Waals surface area contributed by atoms with E-state index in [1.807, 2.05) is 13.8 Å². The smallest absolute Gasteiger partial charge is 0.335 e. The lowest BCUT2D eigenvalue weighted by molar-refractivity contribution is -0.123. The molecule has 5 nitrogen and oxygen atoms in total. The molecule has 0 aromatic heterocycles. The Morgan fingerprint density at radius 2 is 2.06 bits per heavy atom. The standard InChI is InChI=1S/C13H18N2O3/c1-8(2)11(14)12(16)15-7-9-4-3-5-10(6-9)13(17)18/h3-6,8,11H,7,14H2,1-2H3,(H,15,16)(H,17,18)/t11-/m0/s1. The van der Waals surface area contributed by atoms with E-state index in [1.165, 1.54) is 12.1 Å². The zero-order chi connectivity index (χ0) is 13.7. The maximum atomic E-state index is 11.6. The van der Waals surface area contributed by atoms with Crippen LogP contribution in [0, 0.1) is 5.92 Å². The van der Waals surface area contributed by atoms with Gasteiger partial charge in [-0.25, -0.2) is 4.79 Å². The molecule has 0 heterocycles. The van der Waals surface area contributed by atoms with Crippen LogP contribution < -0.4 is 11.1 Å². The molecule has 0 fully saturated rings. The molecular formula is C13H18N2O3. The SMILES string of the molecule is CC(C)[C@H](N)C(=O)NCc1cccc(C(=O)O)c1. The number of carboxylic acids is 1. The zero-order valence-corrected chi connectivity index (χ0v) is 10.5. The van der Waals surface area contributed by atoms with Crippen molar-refractivity contribution >= 4 is 11.9 Å². The number of hydrogen-bond acceptors (Lipinski definition) is 3. The monoisotopic (exact) mass is 250 g/mol. The van der Waals surface area contributed by atoms with Gasteiger partial charge in [-0.2, -0.15) is 0 Å². The van der Waals surface area contributed by atoms with Gasteiger partial charge in [0.25, 0.3) is 0 Å². The molecule has 1 rings (SSSR count). The molecule has 1 amide bonds. The highest BCUT2D eigenvalue weighted by Crippen LogP contribution is 2.05. The second-order valence-electron chi connectivity index (χ2n) is 4.49. The van der Waals surface area contributed by atoms with Crippen molar-refractivity contribution in [3.63, 3.8) is 0 Å². The van der Waals surface area contributed by atoms with Crippen molar-refractivity contribution < 1.29 is 14.7 Å². The largest absolute Gasteiger partial charge is 0.478 e. The number of benzene rings is 1. The Balaban J connectivity index is 2.61. The van der Waals surface area contributed by atoms with Gasteiger partial charge in [0.15, 0.2) is 0 Å². The molecule has 18 heavy (non-hydrogen) atoms. The van der Waals surface area contributed by atoms with E-state index in [9.17, 15) is 9.59 Å². The van der Waals surface area contributed by atoms with Crippen LogP contribution in [0.2, 0.25) is 0 Å². The molecule has 98 valence electrons. The summed E-state index contributed by atoms with van der Waals surface area (Å²) in [5.74, 6) is -1.15. The number of carbonyl (C=O) groups is 2. The van der Waals surface area contributed by atoms with Crippen LogP contribution in [0.3, 0.4) is 0 Å². The van der Waals surface area contributed by atoms with Gasteiger partial charge in [0.2, 0.25) is 5.91 Å². The van der Waals surface area contributed by atoms with Crippen LogP contribution in [-0.4, -0.2) is 23.0 Å². The van der Waals surface area contributed by atoms with Crippen LogP contribution in [0.1, 0.15) is 29.8 Å². The highest BCUT2D eigenvalue weighted by molar-refractivity contribution is 5.87. The fraction of sp³-hybridized carbons (Fsp3) is 0.385.